The quantitative estimate of drug-likeness (QED) is 0.0780. The van der Waals surface area contributed by atoms with Crippen molar-refractivity contribution in [2.24, 2.45) is 254 Å². The van der Waals surface area contributed by atoms with E-state index in [1.807, 2.05) is 48.5 Å². The monoisotopic (exact) mass is 1630 g/mol. The maximum Gasteiger partial charge on any atom is 0.347 e. The Morgan fingerprint density at radius 3 is 1.21 bits per heavy atom. The summed E-state index contributed by atoms with van der Waals surface area (Å²) >= 11 is 0. The van der Waals surface area contributed by atoms with Gasteiger partial charge in [-0.15, -0.1) is 0 Å². The molecule has 0 aromatic heterocycles. The third-order valence-corrected chi connectivity index (χ3v) is 39.7. The van der Waals surface area contributed by atoms with E-state index in [1.165, 1.54) is 70.6 Å². The molecule has 42 atom stereocenters. The lowest BCUT2D eigenvalue weighted by molar-refractivity contribution is -0.209. The fraction of sp³-hybridized carbons (Fsp3) is 0.919. The lowest BCUT2D eigenvalue weighted by atomic mass is 9.50. The van der Waals surface area contributed by atoms with Gasteiger partial charge in [0.15, 0.2) is 6.29 Å². The molecule has 2 saturated heterocycles. The van der Waals surface area contributed by atoms with Crippen molar-refractivity contribution in [2.45, 2.75) is 295 Å². The zero-order valence-electron chi connectivity index (χ0n) is 74.7. The lowest BCUT2D eigenvalue weighted by Crippen LogP contribution is -2.58. The minimum Gasteiger partial charge on any atom is -0.481 e. The molecule has 18 heteroatoms. The fourth-order valence-electron chi connectivity index (χ4n) is 34.5. The average molecular weight is 1630 g/mol. The number of cyclic esters (lactones) is 1. The Bertz CT molecular complexity index is 3700. The van der Waals surface area contributed by atoms with E-state index in [0.717, 1.165) is 194 Å². The molecule has 0 aromatic rings. The van der Waals surface area contributed by atoms with Gasteiger partial charge in [-0.2, -0.15) is 0 Å². The van der Waals surface area contributed by atoms with Crippen molar-refractivity contribution in [2.75, 3.05) is 19.8 Å². The fourth-order valence-corrected chi connectivity index (χ4v) is 34.5. The Labute approximate surface area is 700 Å². The first-order valence-corrected chi connectivity index (χ1v) is 48.3. The summed E-state index contributed by atoms with van der Waals surface area (Å²) in [5, 5.41) is 9.46. The number of hydrogen-bond acceptors (Lipinski definition) is 17. The number of hydrogen-bond donors (Lipinski definition) is 1. The Kier molecular flexibility index (Phi) is 23.0. The molecule has 0 aromatic carbocycles. The van der Waals surface area contributed by atoms with E-state index in [9.17, 15) is 43.5 Å². The molecule has 22 fully saturated rings. The van der Waals surface area contributed by atoms with Gasteiger partial charge in [-0.1, -0.05) is 69.2 Å². The molecule has 42 unspecified atom stereocenters. The van der Waals surface area contributed by atoms with Crippen LogP contribution in [0.25, 0.3) is 0 Å². The van der Waals surface area contributed by atoms with Crippen LogP contribution < -0.4 is 0 Å². The van der Waals surface area contributed by atoms with Crippen LogP contribution >= 0.6 is 0 Å². The predicted molar refractivity (Wildman–Crippen MR) is 437 cm³/mol. The van der Waals surface area contributed by atoms with Gasteiger partial charge in [0.2, 0.25) is 12.4 Å². The van der Waals surface area contributed by atoms with Gasteiger partial charge in [0.05, 0.1) is 54.6 Å². The highest BCUT2D eigenvalue weighted by Gasteiger charge is 2.72. The highest BCUT2D eigenvalue weighted by Crippen LogP contribution is 2.75. The largest absolute Gasteiger partial charge is 0.481 e. The van der Waals surface area contributed by atoms with Gasteiger partial charge in [-0.3, -0.25) is 33.6 Å². The topological polar surface area (TPSA) is 240 Å². The van der Waals surface area contributed by atoms with Crippen molar-refractivity contribution < 1.29 is 86.1 Å². The number of carbonyl (C=O) groups is 8. The van der Waals surface area contributed by atoms with E-state index >= 15 is 0 Å². The van der Waals surface area contributed by atoms with Crippen LogP contribution in [0.15, 0.2) is 0 Å². The molecule has 18 nitrogen and oxygen atoms in total. The number of esters is 7. The highest BCUT2D eigenvalue weighted by atomic mass is 16.7. The number of carbonyl (C=O) groups excluding carboxylic acids is 7. The van der Waals surface area contributed by atoms with Crippen LogP contribution in [-0.2, 0) is 81.0 Å². The summed E-state index contributed by atoms with van der Waals surface area (Å²) in [6.07, 6.45) is 21.9. The molecule has 2 aliphatic heterocycles. The molecule has 117 heavy (non-hydrogen) atoms. The molecule has 22 aliphatic rings. The first-order valence-electron chi connectivity index (χ1n) is 48.3. The summed E-state index contributed by atoms with van der Waals surface area (Å²) < 4.78 is 50.0. The second-order valence-electron chi connectivity index (χ2n) is 46.4. The van der Waals surface area contributed by atoms with Gasteiger partial charge in [-0.25, -0.2) is 4.79 Å². The Balaban J connectivity index is 0.000000106. The Morgan fingerprint density at radius 1 is 0.419 bits per heavy atom. The molecule has 20 aliphatic carbocycles. The molecule has 654 valence electrons. The van der Waals surface area contributed by atoms with E-state index in [2.05, 4.69) is 76.2 Å². The van der Waals surface area contributed by atoms with E-state index < -0.39 is 65.5 Å². The van der Waals surface area contributed by atoms with Crippen molar-refractivity contribution in [3.05, 3.63) is 0 Å². The van der Waals surface area contributed by atoms with Gasteiger partial charge < -0.3 is 47.7 Å². The molecule has 0 spiro atoms. The Morgan fingerprint density at radius 2 is 0.803 bits per heavy atom. The van der Waals surface area contributed by atoms with Crippen LogP contribution in [0.4, 0.5) is 0 Å². The van der Waals surface area contributed by atoms with Crippen LogP contribution in [0.5, 0.6) is 0 Å². The van der Waals surface area contributed by atoms with Crippen LogP contribution in [-0.4, -0.2) is 108 Å². The first kappa shape index (κ1) is 84.9. The van der Waals surface area contributed by atoms with Crippen molar-refractivity contribution in [3.63, 3.8) is 0 Å². The highest BCUT2D eigenvalue weighted by molar-refractivity contribution is 5.87. The number of ether oxygens (including phenoxy) is 9. The molecule has 22 rings (SSSR count). The van der Waals surface area contributed by atoms with Gasteiger partial charge in [0.1, 0.15) is 16.8 Å². The zero-order chi connectivity index (χ0) is 83.3. The van der Waals surface area contributed by atoms with Crippen LogP contribution in [0.1, 0.15) is 260 Å². The first-order chi connectivity index (χ1) is 55.3. The number of fused-ring (bicyclic) bond motifs is 31. The molecule has 2 heterocycles. The smallest absolute Gasteiger partial charge is 0.347 e. The SMILES string of the molecule is CC1C(C)C2CC1C(C(=O)OC1CCOC1=O)C2C(=O)OC(C)(C)C.CC1C(C)C2CC1C1C3CC(C(=O)OC(C)(C)C)C(C3)C21.CC1C(C)C2CC1C1C3CC(C(=O)OC4(C)C5CC6CC(C5)CC4C6)C(C3)C21.CC1C(C)C2CC1C1C3CC(C(=O)OC4CCCCO4)C(C3)C21.CCOC(C)OC(=O)C1C2CC(C(C)C2C)C1C(=O)O. The normalized spacial score (nSPS) is 52.0. The summed E-state index contributed by atoms with van der Waals surface area (Å²) in [4.78, 5) is 100.0. The molecular formula is C99H150O18. The maximum absolute atomic E-state index is 13.6. The number of carboxylic acids is 1. The zero-order valence-corrected chi connectivity index (χ0v) is 74.7. The third-order valence-electron chi connectivity index (χ3n) is 39.7. The number of carboxylic acid groups (broad SMARTS) is 1. The van der Waals surface area contributed by atoms with Crippen molar-refractivity contribution >= 4 is 47.8 Å². The van der Waals surface area contributed by atoms with Crippen molar-refractivity contribution in [3.8, 4) is 0 Å². The summed E-state index contributed by atoms with van der Waals surface area (Å²) in [5.41, 5.74) is -1.07. The van der Waals surface area contributed by atoms with Crippen LogP contribution in [0.2, 0.25) is 0 Å². The molecule has 20 bridgehead atoms. The van der Waals surface area contributed by atoms with Gasteiger partial charge >= 0.3 is 47.8 Å². The Hall–Kier alpha value is -4.32. The van der Waals surface area contributed by atoms with Crippen LogP contribution in [0.3, 0.4) is 0 Å². The summed E-state index contributed by atoms with van der Waals surface area (Å²) in [6, 6.07) is 0. The van der Waals surface area contributed by atoms with Gasteiger partial charge in [0, 0.05) is 19.4 Å². The molecule has 20 saturated carbocycles. The van der Waals surface area contributed by atoms with E-state index in [4.69, 9.17) is 42.6 Å². The van der Waals surface area contributed by atoms with E-state index in [-0.39, 0.29) is 89.4 Å². The molecule has 1 N–H and O–H groups in total. The maximum atomic E-state index is 13.6. The summed E-state index contributed by atoms with van der Waals surface area (Å²) in [5.74, 6) is 22.1. The minimum atomic E-state index is -0.873. The second kappa shape index (κ2) is 31.7. The third kappa shape index (κ3) is 14.6. The molecular weight excluding hydrogens is 1480 g/mol. The molecule has 0 amide bonds. The van der Waals surface area contributed by atoms with Gasteiger partial charge in [-0.05, 0) is 391 Å². The predicted octanol–water partition coefficient (Wildman–Crippen LogP) is 18.1. The molecule has 0 radical (unpaired) electrons. The standard InChI is InChI=1S/C26H38O2.C20H30O3.C19H28O6.C19H30O2.C15H24O5/c1-12-13(2)20-11-19(12)23-16-9-21(24(20)23)22(10-16)25(27)28-26(3)17-5-14-4-15(7-17)8-18(26)6-14;1-10-11(2)14-9-13(10)18-12-7-15(19(14)18)16(8-12)20(21)23-17-5-3-4-6-22-17;1-9-10(2)12-8-11(9)14(15(12)18(22)25-19(3,4)5)17(21)24-13-6-7-23-16(13)20;1-9-10(2)13-8-12(9)16-11-6-14(17(13)16)15(7-11)18(20)21-19(3,4)5;1-5-19-9(4)20-15(18)13-11-6-10(7(2)8(11)3)12(13)14(16)17/h12-24H,4-11H2,1-3H3;10-19H,3-9H2,1-2H3;9-15H,6-8H2,1-5H3;9-17H,6-8H2,1-5H3;7-13H,5-6H2,1-4H3,(H,16,17). The van der Waals surface area contributed by atoms with Gasteiger partial charge in [0.25, 0.3) is 0 Å². The summed E-state index contributed by atoms with van der Waals surface area (Å²) in [7, 11) is 0. The minimum absolute atomic E-state index is 0.0614. The average Bonchev–Trinajstić information content (AvgIpc) is 1.60. The lowest BCUT2D eigenvalue weighted by Gasteiger charge is -2.59. The van der Waals surface area contributed by atoms with Crippen molar-refractivity contribution in [1.29, 1.82) is 0 Å². The van der Waals surface area contributed by atoms with Crippen LogP contribution in [0, 0.1) is 254 Å². The van der Waals surface area contributed by atoms with Crippen molar-refractivity contribution in [1.82, 2.24) is 0 Å². The van der Waals surface area contributed by atoms with E-state index in [0.29, 0.717) is 66.3 Å². The second-order valence-corrected chi connectivity index (χ2v) is 46.4. The van der Waals surface area contributed by atoms with E-state index in [1.54, 1.807) is 6.92 Å². The number of aliphatic carboxylic acids is 1. The summed E-state index contributed by atoms with van der Waals surface area (Å²) in [6.45, 7) is 42.1. The number of rotatable bonds is 13.